The molecule has 2 amide bonds. The number of nitrogen functional groups attached to an aromatic ring is 1. The summed E-state index contributed by atoms with van der Waals surface area (Å²) in [5, 5.41) is 25.0. The second kappa shape index (κ2) is 7.54. The first-order valence-electron chi connectivity index (χ1n) is 7.52. The van der Waals surface area contributed by atoms with Crippen molar-refractivity contribution < 1.29 is 29.4 Å². The summed E-state index contributed by atoms with van der Waals surface area (Å²) in [4.78, 5) is 41.4. The van der Waals surface area contributed by atoms with Crippen molar-refractivity contribution in [3.05, 3.63) is 22.3 Å². The van der Waals surface area contributed by atoms with Gasteiger partial charge in [-0.25, -0.2) is 9.78 Å². The lowest BCUT2D eigenvalue weighted by molar-refractivity contribution is -0.150. The summed E-state index contributed by atoms with van der Waals surface area (Å²) in [6.45, 7) is 0.0920. The number of rotatable bonds is 6. The number of thioether (sulfide) groups is 1. The van der Waals surface area contributed by atoms with Crippen LogP contribution in [0.25, 0.3) is 0 Å². The van der Waals surface area contributed by atoms with Gasteiger partial charge in [0.15, 0.2) is 10.8 Å². The maximum absolute atomic E-state index is 12.5. The van der Waals surface area contributed by atoms with Gasteiger partial charge in [0.2, 0.25) is 0 Å². The average molecular weight is 413 g/mol. The Morgan fingerprint density at radius 2 is 2.30 bits per heavy atom. The molecule has 0 radical (unpaired) electrons. The molecule has 11 nitrogen and oxygen atoms in total. The highest BCUT2D eigenvalue weighted by molar-refractivity contribution is 8.00. The summed E-state index contributed by atoms with van der Waals surface area (Å²) in [6.07, 6.45) is 0. The number of methoxy groups -OCH3 is 1. The molecule has 27 heavy (non-hydrogen) atoms. The normalized spacial score (nSPS) is 22.3. The van der Waals surface area contributed by atoms with Gasteiger partial charge in [-0.3, -0.25) is 14.5 Å². The zero-order valence-corrected chi connectivity index (χ0v) is 15.5. The van der Waals surface area contributed by atoms with Crippen LogP contribution in [-0.2, 0) is 19.1 Å². The van der Waals surface area contributed by atoms with Crippen molar-refractivity contribution >= 4 is 51.7 Å². The summed E-state index contributed by atoms with van der Waals surface area (Å²) in [6, 6.07) is -0.950. The van der Waals surface area contributed by atoms with Crippen LogP contribution >= 0.6 is 23.1 Å². The number of carboxylic acid groups (broad SMARTS) is 1. The van der Waals surface area contributed by atoms with E-state index in [2.05, 4.69) is 15.5 Å². The van der Waals surface area contributed by atoms with Crippen LogP contribution in [-0.4, -0.2) is 74.6 Å². The Labute approximate surface area is 160 Å². The number of nitrogens with one attached hydrogen (secondary N) is 1. The number of β-lactam (4-membered cyclic amide) rings is 1. The van der Waals surface area contributed by atoms with E-state index in [0.717, 1.165) is 16.2 Å². The fourth-order valence-electron chi connectivity index (χ4n) is 2.79. The van der Waals surface area contributed by atoms with Crippen molar-refractivity contribution in [1.29, 1.82) is 0 Å². The fraction of sp³-hybridized carbons (Fsp3) is 0.357. The number of aliphatic carboxylic acids is 1. The Hall–Kier alpha value is -2.64. The molecule has 1 aromatic heterocycles. The lowest BCUT2D eigenvalue weighted by atomic mass is 10.0. The Kier molecular flexibility index (Phi) is 5.34. The predicted molar refractivity (Wildman–Crippen MR) is 96.4 cm³/mol. The van der Waals surface area contributed by atoms with E-state index in [1.54, 1.807) is 0 Å². The predicted octanol–water partition coefficient (Wildman–Crippen LogP) is -0.711. The third-order valence-electron chi connectivity index (χ3n) is 3.93. The van der Waals surface area contributed by atoms with E-state index in [1.807, 2.05) is 0 Å². The molecule has 144 valence electrons. The van der Waals surface area contributed by atoms with E-state index >= 15 is 0 Å². The van der Waals surface area contributed by atoms with E-state index < -0.39 is 29.2 Å². The molecule has 13 heteroatoms. The minimum Gasteiger partial charge on any atom is -0.477 e. The zero-order valence-electron chi connectivity index (χ0n) is 13.9. The van der Waals surface area contributed by atoms with Gasteiger partial charge in [0, 0.05) is 18.2 Å². The van der Waals surface area contributed by atoms with Crippen molar-refractivity contribution in [3.63, 3.8) is 0 Å². The van der Waals surface area contributed by atoms with Gasteiger partial charge in [0.1, 0.15) is 22.8 Å². The summed E-state index contributed by atoms with van der Waals surface area (Å²) in [5.74, 6) is -2.27. The second-order valence-electron chi connectivity index (χ2n) is 5.57. The topological polar surface area (TPSA) is 167 Å². The number of carboxylic acids is 1. The number of oxime groups is 1. The van der Waals surface area contributed by atoms with Crippen LogP contribution in [0.15, 0.2) is 21.8 Å². The number of aromatic nitrogens is 1. The van der Waals surface area contributed by atoms with Gasteiger partial charge in [-0.15, -0.1) is 23.1 Å². The smallest absolute Gasteiger partial charge is 0.352 e. The molecule has 5 N–H and O–H groups in total. The monoisotopic (exact) mass is 413 g/mol. The van der Waals surface area contributed by atoms with Crippen molar-refractivity contribution in [2.75, 3.05) is 25.2 Å². The molecule has 2 atom stereocenters. The highest BCUT2D eigenvalue weighted by Crippen LogP contribution is 2.40. The lowest BCUT2D eigenvalue weighted by Gasteiger charge is -2.49. The third-order valence-corrected chi connectivity index (χ3v) is 5.95. The van der Waals surface area contributed by atoms with Crippen molar-refractivity contribution in [3.8, 4) is 0 Å². The number of hydrogen-bond donors (Lipinski definition) is 4. The number of nitrogens with two attached hydrogens (primary N) is 1. The van der Waals surface area contributed by atoms with Crippen LogP contribution < -0.4 is 11.1 Å². The SMILES string of the molecule is COCC1=C(C(=O)O)N2C(=O)[C@H](NC(=O)/C(=N/O)c3csc(N)n3)[C@@H]2SC1. The number of amides is 2. The van der Waals surface area contributed by atoms with Gasteiger partial charge in [0.25, 0.3) is 11.8 Å². The number of anilines is 1. The van der Waals surface area contributed by atoms with Gasteiger partial charge in [-0.05, 0) is 5.57 Å². The Bertz CT molecular complexity index is 866. The molecular weight excluding hydrogens is 398 g/mol. The minimum absolute atomic E-state index is 0.0749. The summed E-state index contributed by atoms with van der Waals surface area (Å²) < 4.78 is 4.99. The highest BCUT2D eigenvalue weighted by atomic mass is 32.2. The van der Waals surface area contributed by atoms with Gasteiger partial charge in [0.05, 0.1) is 6.61 Å². The number of nitrogens with zero attached hydrogens (tertiary/aromatic N) is 3. The maximum Gasteiger partial charge on any atom is 0.352 e. The molecule has 2 aliphatic heterocycles. The van der Waals surface area contributed by atoms with Crippen molar-refractivity contribution in [2.45, 2.75) is 11.4 Å². The lowest BCUT2D eigenvalue weighted by Crippen LogP contribution is -2.71. The van der Waals surface area contributed by atoms with Gasteiger partial charge < -0.3 is 26.1 Å². The first-order chi connectivity index (χ1) is 12.9. The first kappa shape index (κ1) is 19.1. The molecular formula is C14H15N5O6S2. The van der Waals surface area contributed by atoms with E-state index in [9.17, 15) is 19.5 Å². The fourth-order valence-corrected chi connectivity index (χ4v) is 4.66. The van der Waals surface area contributed by atoms with Crippen LogP contribution in [0.4, 0.5) is 5.13 Å². The van der Waals surface area contributed by atoms with E-state index in [0.29, 0.717) is 11.3 Å². The van der Waals surface area contributed by atoms with Gasteiger partial charge in [-0.2, -0.15) is 0 Å². The molecule has 1 fully saturated rings. The first-order valence-corrected chi connectivity index (χ1v) is 9.45. The molecule has 1 saturated heterocycles. The van der Waals surface area contributed by atoms with Crippen LogP contribution in [0, 0.1) is 0 Å². The van der Waals surface area contributed by atoms with Crippen molar-refractivity contribution in [2.24, 2.45) is 5.16 Å². The number of ether oxygens (including phenoxy) is 1. The molecule has 0 aromatic carbocycles. The quantitative estimate of drug-likeness (QED) is 0.204. The highest BCUT2D eigenvalue weighted by Gasteiger charge is 2.54. The van der Waals surface area contributed by atoms with Crippen LogP contribution in [0.2, 0.25) is 0 Å². The number of hydrogen-bond acceptors (Lipinski definition) is 10. The number of thiazole rings is 1. The summed E-state index contributed by atoms with van der Waals surface area (Å²) in [7, 11) is 1.44. The number of carbonyl (C=O) groups is 3. The molecule has 0 aliphatic carbocycles. The van der Waals surface area contributed by atoms with E-state index in [1.165, 1.54) is 24.3 Å². The third kappa shape index (κ3) is 3.36. The van der Waals surface area contributed by atoms with Crippen LogP contribution in [0.3, 0.4) is 0 Å². The number of fused-ring (bicyclic) bond motifs is 1. The Morgan fingerprint density at radius 3 is 2.85 bits per heavy atom. The Morgan fingerprint density at radius 1 is 1.56 bits per heavy atom. The average Bonchev–Trinajstić information content (AvgIpc) is 3.05. The Balaban J connectivity index is 1.77. The molecule has 0 saturated carbocycles. The number of carbonyl (C=O) groups excluding carboxylic acids is 2. The van der Waals surface area contributed by atoms with Gasteiger partial charge in [-0.1, -0.05) is 5.16 Å². The molecule has 0 spiro atoms. The van der Waals surface area contributed by atoms with Gasteiger partial charge >= 0.3 is 5.97 Å². The molecule has 0 unspecified atom stereocenters. The largest absolute Gasteiger partial charge is 0.477 e. The molecule has 3 heterocycles. The summed E-state index contributed by atoms with van der Waals surface area (Å²) in [5.41, 5.74) is 5.55. The molecule has 2 aliphatic rings. The van der Waals surface area contributed by atoms with E-state index in [-0.39, 0.29) is 28.8 Å². The van der Waals surface area contributed by atoms with Crippen LogP contribution in [0.1, 0.15) is 5.69 Å². The molecule has 0 bridgehead atoms. The second-order valence-corrected chi connectivity index (χ2v) is 7.57. The standard InChI is InChI=1S/C14H15N5O6S2/c1-25-2-5-3-26-12-8(11(21)19(12)9(5)13(22)23)17-10(20)7(18-24)6-4-27-14(15)16-6/h4,8,12,24H,2-3H2,1H3,(H2,15,16)(H,17,20)(H,22,23)/b18-7+/t8-,12-/m0/s1. The molecule has 3 rings (SSSR count). The summed E-state index contributed by atoms with van der Waals surface area (Å²) >= 11 is 2.37. The maximum atomic E-state index is 12.5. The minimum atomic E-state index is -1.24. The van der Waals surface area contributed by atoms with Crippen molar-refractivity contribution in [1.82, 2.24) is 15.2 Å². The van der Waals surface area contributed by atoms with Crippen LogP contribution in [0.5, 0.6) is 0 Å². The molecule has 1 aromatic rings. The zero-order chi connectivity index (χ0) is 19.7. The van der Waals surface area contributed by atoms with E-state index in [4.69, 9.17) is 15.7 Å².